The molecular weight excluding hydrogens is 306 g/mol. The minimum atomic E-state index is -1.03. The van der Waals surface area contributed by atoms with Gasteiger partial charge in [0.15, 0.2) is 0 Å². The van der Waals surface area contributed by atoms with Gasteiger partial charge in [0.05, 0.1) is 11.0 Å². The van der Waals surface area contributed by atoms with E-state index in [1.807, 2.05) is 38.1 Å². The SMILES string of the molecule is Cc1nnc(C[S@](=O)[C@@H](C)c2ccc(Cl)cc2)n1C1CC1. The normalized spacial score (nSPS) is 17.7. The fourth-order valence-electron chi connectivity index (χ4n) is 2.46. The summed E-state index contributed by atoms with van der Waals surface area (Å²) in [6.07, 6.45) is 2.34. The average Bonchev–Trinajstić information content (AvgIpc) is 3.24. The van der Waals surface area contributed by atoms with E-state index in [0.717, 1.165) is 17.2 Å². The van der Waals surface area contributed by atoms with Gasteiger partial charge in [-0.3, -0.25) is 4.21 Å². The zero-order valence-electron chi connectivity index (χ0n) is 12.1. The predicted octanol–water partition coefficient (Wildman–Crippen LogP) is 3.58. The van der Waals surface area contributed by atoms with Crippen LogP contribution in [0.25, 0.3) is 0 Å². The van der Waals surface area contributed by atoms with Crippen LogP contribution in [0.15, 0.2) is 24.3 Å². The summed E-state index contributed by atoms with van der Waals surface area (Å²) in [5.41, 5.74) is 1.03. The Morgan fingerprint density at radius 3 is 2.62 bits per heavy atom. The molecule has 1 saturated carbocycles. The molecule has 1 aromatic heterocycles. The van der Waals surface area contributed by atoms with Crippen molar-refractivity contribution in [1.82, 2.24) is 14.8 Å². The number of hydrogen-bond acceptors (Lipinski definition) is 3. The van der Waals surface area contributed by atoms with Gasteiger partial charge in [-0.05, 0) is 44.4 Å². The summed E-state index contributed by atoms with van der Waals surface area (Å²) in [6, 6.07) is 8.05. The van der Waals surface area contributed by atoms with Crippen LogP contribution in [0.2, 0.25) is 5.02 Å². The van der Waals surface area contributed by atoms with Gasteiger partial charge in [0.1, 0.15) is 11.6 Å². The van der Waals surface area contributed by atoms with Crippen LogP contribution in [0.5, 0.6) is 0 Å². The van der Waals surface area contributed by atoms with Crippen LogP contribution in [-0.2, 0) is 16.6 Å². The standard InChI is InChI=1S/C15H18ClN3OS/c1-10(12-3-5-13(16)6-4-12)21(20)9-15-18-17-11(2)19(15)14-7-8-14/h3-6,10,14H,7-9H2,1-2H3/t10-,21-/m0/s1. The molecule has 0 aliphatic heterocycles. The maximum atomic E-state index is 12.6. The molecule has 4 nitrogen and oxygen atoms in total. The lowest BCUT2D eigenvalue weighted by Crippen LogP contribution is -2.10. The van der Waals surface area contributed by atoms with E-state index in [9.17, 15) is 4.21 Å². The molecule has 1 aliphatic rings. The van der Waals surface area contributed by atoms with Crippen LogP contribution in [-0.4, -0.2) is 19.0 Å². The van der Waals surface area contributed by atoms with Gasteiger partial charge in [-0.25, -0.2) is 0 Å². The first-order chi connectivity index (χ1) is 10.1. The number of nitrogens with zero attached hydrogens (tertiary/aromatic N) is 3. The third-order valence-corrected chi connectivity index (χ3v) is 5.71. The molecule has 0 bridgehead atoms. The van der Waals surface area contributed by atoms with E-state index in [1.165, 1.54) is 12.8 Å². The molecule has 1 aromatic carbocycles. The number of halogens is 1. The van der Waals surface area contributed by atoms with Crippen molar-refractivity contribution in [3.05, 3.63) is 46.5 Å². The highest BCUT2D eigenvalue weighted by Crippen LogP contribution is 2.37. The van der Waals surface area contributed by atoms with E-state index in [1.54, 1.807) is 0 Å². The zero-order chi connectivity index (χ0) is 15.0. The molecule has 2 aromatic rings. The summed E-state index contributed by atoms with van der Waals surface area (Å²) in [5.74, 6) is 2.21. The quantitative estimate of drug-likeness (QED) is 0.845. The number of rotatable bonds is 5. The smallest absolute Gasteiger partial charge is 0.145 e. The van der Waals surface area contributed by atoms with E-state index >= 15 is 0 Å². The summed E-state index contributed by atoms with van der Waals surface area (Å²) in [6.45, 7) is 3.93. The molecule has 3 rings (SSSR count). The van der Waals surface area contributed by atoms with Crippen molar-refractivity contribution in [2.45, 2.75) is 43.7 Å². The minimum Gasteiger partial charge on any atom is -0.311 e. The van der Waals surface area contributed by atoms with Gasteiger partial charge in [0, 0.05) is 21.9 Å². The van der Waals surface area contributed by atoms with Crippen molar-refractivity contribution < 1.29 is 4.21 Å². The highest BCUT2D eigenvalue weighted by Gasteiger charge is 2.29. The number of hydrogen-bond donors (Lipinski definition) is 0. The summed E-state index contributed by atoms with van der Waals surface area (Å²) >= 11 is 5.89. The van der Waals surface area contributed by atoms with Gasteiger partial charge in [0.25, 0.3) is 0 Å². The second-order valence-corrected chi connectivity index (χ2v) is 7.68. The molecule has 1 fully saturated rings. The summed E-state index contributed by atoms with van der Waals surface area (Å²) < 4.78 is 14.7. The van der Waals surface area contributed by atoms with Crippen molar-refractivity contribution in [1.29, 1.82) is 0 Å². The molecule has 6 heteroatoms. The maximum Gasteiger partial charge on any atom is 0.145 e. The fraction of sp³-hybridized carbons (Fsp3) is 0.467. The lowest BCUT2D eigenvalue weighted by atomic mass is 10.2. The average molecular weight is 324 g/mol. The third kappa shape index (κ3) is 3.19. The molecule has 0 saturated heterocycles. The van der Waals surface area contributed by atoms with Crippen LogP contribution < -0.4 is 0 Å². The van der Waals surface area contributed by atoms with E-state index in [0.29, 0.717) is 16.8 Å². The van der Waals surface area contributed by atoms with Crippen molar-refractivity contribution >= 4 is 22.4 Å². The summed E-state index contributed by atoms with van der Waals surface area (Å²) in [7, 11) is -1.03. The minimum absolute atomic E-state index is 0.0491. The van der Waals surface area contributed by atoms with Crippen molar-refractivity contribution in [3.63, 3.8) is 0 Å². The van der Waals surface area contributed by atoms with E-state index in [2.05, 4.69) is 14.8 Å². The van der Waals surface area contributed by atoms with Crippen LogP contribution in [0.3, 0.4) is 0 Å². The monoisotopic (exact) mass is 323 g/mol. The first-order valence-electron chi connectivity index (χ1n) is 7.09. The molecule has 0 N–H and O–H groups in total. The lowest BCUT2D eigenvalue weighted by Gasteiger charge is -2.13. The molecule has 0 radical (unpaired) electrons. The summed E-state index contributed by atoms with van der Waals surface area (Å²) in [4.78, 5) is 0. The summed E-state index contributed by atoms with van der Waals surface area (Å²) in [5, 5.41) is 8.99. The maximum absolute atomic E-state index is 12.6. The van der Waals surface area contributed by atoms with Crippen LogP contribution in [0.1, 0.15) is 48.3 Å². The largest absolute Gasteiger partial charge is 0.311 e. The van der Waals surface area contributed by atoms with Gasteiger partial charge < -0.3 is 4.57 Å². The number of aromatic nitrogens is 3. The Morgan fingerprint density at radius 1 is 1.33 bits per heavy atom. The molecule has 1 aliphatic carbocycles. The molecular formula is C15H18ClN3OS. The van der Waals surface area contributed by atoms with E-state index < -0.39 is 10.8 Å². The van der Waals surface area contributed by atoms with Gasteiger partial charge in [0.2, 0.25) is 0 Å². The molecule has 1 heterocycles. The predicted molar refractivity (Wildman–Crippen MR) is 84.7 cm³/mol. The second kappa shape index (κ2) is 5.89. The van der Waals surface area contributed by atoms with Gasteiger partial charge in [-0.2, -0.15) is 0 Å². The van der Waals surface area contributed by atoms with Crippen molar-refractivity contribution in [3.8, 4) is 0 Å². The van der Waals surface area contributed by atoms with Crippen LogP contribution >= 0.6 is 11.6 Å². The number of aryl methyl sites for hydroxylation is 1. The van der Waals surface area contributed by atoms with Gasteiger partial charge >= 0.3 is 0 Å². The Kier molecular flexibility index (Phi) is 4.13. The van der Waals surface area contributed by atoms with Gasteiger partial charge in [-0.1, -0.05) is 23.7 Å². The van der Waals surface area contributed by atoms with E-state index in [4.69, 9.17) is 11.6 Å². The van der Waals surface area contributed by atoms with Gasteiger partial charge in [-0.15, -0.1) is 10.2 Å². The number of benzene rings is 1. The van der Waals surface area contributed by atoms with E-state index in [-0.39, 0.29) is 5.25 Å². The molecule has 0 unspecified atom stereocenters. The van der Waals surface area contributed by atoms with Crippen molar-refractivity contribution in [2.24, 2.45) is 0 Å². The molecule has 21 heavy (non-hydrogen) atoms. The topological polar surface area (TPSA) is 47.8 Å². The second-order valence-electron chi connectivity index (χ2n) is 5.48. The van der Waals surface area contributed by atoms with Crippen LogP contribution in [0.4, 0.5) is 0 Å². The Balaban J connectivity index is 1.75. The highest BCUT2D eigenvalue weighted by molar-refractivity contribution is 7.84. The Bertz CT molecular complexity index is 664. The Hall–Kier alpha value is -1.20. The lowest BCUT2D eigenvalue weighted by molar-refractivity contribution is 0.659. The molecule has 0 amide bonds. The van der Waals surface area contributed by atoms with Crippen molar-refractivity contribution in [2.75, 3.05) is 0 Å². The Labute approximate surface area is 132 Å². The zero-order valence-corrected chi connectivity index (χ0v) is 13.7. The fourth-order valence-corrected chi connectivity index (χ4v) is 3.75. The molecule has 0 spiro atoms. The highest BCUT2D eigenvalue weighted by atomic mass is 35.5. The first-order valence-corrected chi connectivity index (χ1v) is 8.85. The third-order valence-electron chi connectivity index (χ3n) is 3.85. The molecule has 112 valence electrons. The first kappa shape index (κ1) is 14.7. The van der Waals surface area contributed by atoms with Crippen LogP contribution in [0, 0.1) is 6.92 Å². The Morgan fingerprint density at radius 2 is 2.00 bits per heavy atom. The molecule has 2 atom stereocenters.